The third-order valence-corrected chi connectivity index (χ3v) is 2.84. The molecular weight excluding hydrogens is 214 g/mol. The molecule has 0 aliphatic heterocycles. The Labute approximate surface area is 103 Å². The highest BCUT2D eigenvalue weighted by molar-refractivity contribution is 5.80. The second-order valence-electron chi connectivity index (χ2n) is 4.47. The van der Waals surface area contributed by atoms with Crippen molar-refractivity contribution in [2.45, 2.75) is 32.6 Å². The van der Waals surface area contributed by atoms with Gasteiger partial charge in [0.2, 0.25) is 0 Å². The van der Waals surface area contributed by atoms with E-state index in [9.17, 15) is 4.79 Å². The molecular formula is C14H21NO2. The van der Waals surface area contributed by atoms with Gasteiger partial charge in [0.1, 0.15) is 11.5 Å². The zero-order valence-corrected chi connectivity index (χ0v) is 10.8. The molecule has 94 valence electrons. The van der Waals surface area contributed by atoms with Crippen molar-refractivity contribution in [1.82, 2.24) is 0 Å². The van der Waals surface area contributed by atoms with E-state index in [0.29, 0.717) is 12.3 Å². The lowest BCUT2D eigenvalue weighted by Crippen LogP contribution is -2.13. The average Bonchev–Trinajstić information content (AvgIpc) is 2.35. The van der Waals surface area contributed by atoms with E-state index in [1.54, 1.807) is 7.11 Å². The van der Waals surface area contributed by atoms with Crippen LogP contribution < -0.4 is 10.5 Å². The predicted molar refractivity (Wildman–Crippen MR) is 69.5 cm³/mol. The van der Waals surface area contributed by atoms with E-state index in [2.05, 4.69) is 19.9 Å². The van der Waals surface area contributed by atoms with Crippen LogP contribution in [0.25, 0.3) is 0 Å². The largest absolute Gasteiger partial charge is 0.496 e. The standard InChI is InChI=1S/C14H21NO2/c1-10(2)13-8-11(4-6-12(16)9-15)5-7-14(13)17-3/h5,7-8,10H,4,6,9,15H2,1-3H3. The quantitative estimate of drug-likeness (QED) is 0.823. The number of benzene rings is 1. The third-order valence-electron chi connectivity index (χ3n) is 2.84. The van der Waals surface area contributed by atoms with Crippen LogP contribution in [0.15, 0.2) is 18.2 Å². The predicted octanol–water partition coefficient (Wildman–Crippen LogP) is 2.28. The maximum atomic E-state index is 11.2. The molecule has 17 heavy (non-hydrogen) atoms. The summed E-state index contributed by atoms with van der Waals surface area (Å²) in [5, 5.41) is 0. The fourth-order valence-electron chi connectivity index (χ4n) is 1.78. The molecule has 0 radical (unpaired) electrons. The Hall–Kier alpha value is -1.35. The number of ether oxygens (including phenoxy) is 1. The second kappa shape index (κ2) is 6.40. The van der Waals surface area contributed by atoms with Crippen molar-refractivity contribution in [1.29, 1.82) is 0 Å². The summed E-state index contributed by atoms with van der Waals surface area (Å²) < 4.78 is 5.32. The lowest BCUT2D eigenvalue weighted by molar-refractivity contribution is -0.117. The van der Waals surface area contributed by atoms with E-state index >= 15 is 0 Å². The molecule has 1 aromatic carbocycles. The lowest BCUT2D eigenvalue weighted by Gasteiger charge is -2.13. The Morgan fingerprint density at radius 1 is 1.41 bits per heavy atom. The van der Waals surface area contributed by atoms with Gasteiger partial charge in [-0.25, -0.2) is 0 Å². The highest BCUT2D eigenvalue weighted by Gasteiger charge is 2.09. The zero-order chi connectivity index (χ0) is 12.8. The highest BCUT2D eigenvalue weighted by Crippen LogP contribution is 2.27. The molecule has 1 rings (SSSR count). The molecule has 0 bridgehead atoms. The first-order valence-corrected chi connectivity index (χ1v) is 5.97. The fraction of sp³-hybridized carbons (Fsp3) is 0.500. The highest BCUT2D eigenvalue weighted by atomic mass is 16.5. The summed E-state index contributed by atoms with van der Waals surface area (Å²) in [6.45, 7) is 4.40. The summed E-state index contributed by atoms with van der Waals surface area (Å²) in [7, 11) is 1.68. The molecule has 0 amide bonds. The number of hydrogen-bond acceptors (Lipinski definition) is 3. The van der Waals surface area contributed by atoms with Crippen molar-refractivity contribution >= 4 is 5.78 Å². The van der Waals surface area contributed by atoms with Crippen LogP contribution in [0, 0.1) is 0 Å². The topological polar surface area (TPSA) is 52.3 Å². The Balaban J connectivity index is 2.81. The van der Waals surface area contributed by atoms with Crippen LogP contribution in [0.4, 0.5) is 0 Å². The number of aryl methyl sites for hydroxylation is 1. The van der Waals surface area contributed by atoms with Crippen LogP contribution >= 0.6 is 0 Å². The number of carbonyl (C=O) groups is 1. The third kappa shape index (κ3) is 3.86. The Bertz CT molecular complexity index is 386. The number of carbonyl (C=O) groups excluding carboxylic acids is 1. The fourth-order valence-corrected chi connectivity index (χ4v) is 1.78. The zero-order valence-electron chi connectivity index (χ0n) is 10.8. The molecule has 0 heterocycles. The molecule has 0 atom stereocenters. The maximum absolute atomic E-state index is 11.2. The van der Waals surface area contributed by atoms with Gasteiger partial charge in [0.15, 0.2) is 0 Å². The van der Waals surface area contributed by atoms with Gasteiger partial charge in [-0.15, -0.1) is 0 Å². The molecule has 0 aromatic heterocycles. The van der Waals surface area contributed by atoms with Crippen LogP contribution in [-0.2, 0) is 11.2 Å². The van der Waals surface area contributed by atoms with Crippen molar-refractivity contribution in [3.05, 3.63) is 29.3 Å². The Kier molecular flexibility index (Phi) is 5.16. The summed E-state index contributed by atoms with van der Waals surface area (Å²) in [6, 6.07) is 6.10. The van der Waals surface area contributed by atoms with E-state index in [-0.39, 0.29) is 12.3 Å². The number of ketones is 1. The van der Waals surface area contributed by atoms with E-state index in [4.69, 9.17) is 10.5 Å². The van der Waals surface area contributed by atoms with Crippen molar-refractivity contribution in [2.24, 2.45) is 5.73 Å². The van der Waals surface area contributed by atoms with Crippen LogP contribution in [0.2, 0.25) is 0 Å². The van der Waals surface area contributed by atoms with Crippen molar-refractivity contribution in [3.8, 4) is 5.75 Å². The normalized spacial score (nSPS) is 10.6. The van der Waals surface area contributed by atoms with Crippen molar-refractivity contribution < 1.29 is 9.53 Å². The Morgan fingerprint density at radius 2 is 2.12 bits per heavy atom. The van der Waals surface area contributed by atoms with Gasteiger partial charge in [0.25, 0.3) is 0 Å². The van der Waals surface area contributed by atoms with E-state index < -0.39 is 0 Å². The molecule has 0 saturated heterocycles. The first-order valence-electron chi connectivity index (χ1n) is 5.97. The average molecular weight is 235 g/mol. The number of nitrogens with two attached hydrogens (primary N) is 1. The van der Waals surface area contributed by atoms with Gasteiger partial charge in [0.05, 0.1) is 13.7 Å². The molecule has 3 heteroatoms. The smallest absolute Gasteiger partial charge is 0.146 e. The number of methoxy groups -OCH3 is 1. The van der Waals surface area contributed by atoms with Crippen LogP contribution in [-0.4, -0.2) is 19.4 Å². The molecule has 0 saturated carbocycles. The first kappa shape index (κ1) is 13.7. The molecule has 0 unspecified atom stereocenters. The molecule has 0 aliphatic carbocycles. The molecule has 1 aromatic rings. The summed E-state index contributed by atoms with van der Waals surface area (Å²) >= 11 is 0. The minimum Gasteiger partial charge on any atom is -0.496 e. The van der Waals surface area contributed by atoms with Gasteiger partial charge in [-0.05, 0) is 29.5 Å². The number of rotatable bonds is 6. The van der Waals surface area contributed by atoms with Crippen molar-refractivity contribution in [2.75, 3.05) is 13.7 Å². The van der Waals surface area contributed by atoms with Crippen LogP contribution in [0.3, 0.4) is 0 Å². The molecule has 0 fully saturated rings. The van der Waals surface area contributed by atoms with E-state index in [0.717, 1.165) is 17.7 Å². The van der Waals surface area contributed by atoms with Crippen molar-refractivity contribution in [3.63, 3.8) is 0 Å². The molecule has 2 N–H and O–H groups in total. The van der Waals surface area contributed by atoms with Gasteiger partial charge in [-0.1, -0.05) is 26.0 Å². The lowest BCUT2D eigenvalue weighted by atomic mass is 9.97. The van der Waals surface area contributed by atoms with Gasteiger partial charge in [-0.2, -0.15) is 0 Å². The van der Waals surface area contributed by atoms with Crippen LogP contribution in [0.1, 0.15) is 37.3 Å². The number of hydrogen-bond donors (Lipinski definition) is 1. The summed E-state index contributed by atoms with van der Waals surface area (Å²) in [4.78, 5) is 11.2. The van der Waals surface area contributed by atoms with Gasteiger partial charge in [-0.3, -0.25) is 4.79 Å². The minimum atomic E-state index is 0.104. The Morgan fingerprint density at radius 3 is 2.65 bits per heavy atom. The monoisotopic (exact) mass is 235 g/mol. The van der Waals surface area contributed by atoms with Crippen LogP contribution in [0.5, 0.6) is 5.75 Å². The van der Waals surface area contributed by atoms with Gasteiger partial charge in [0, 0.05) is 6.42 Å². The summed E-state index contributed by atoms with van der Waals surface area (Å²) in [5.41, 5.74) is 7.64. The first-order chi connectivity index (χ1) is 8.08. The molecule has 0 spiro atoms. The number of Topliss-reactive ketones (excluding diaryl/α,β-unsaturated/α-hetero) is 1. The van der Waals surface area contributed by atoms with E-state index in [1.165, 1.54) is 5.56 Å². The summed E-state index contributed by atoms with van der Waals surface area (Å²) in [5.74, 6) is 1.43. The van der Waals surface area contributed by atoms with Gasteiger partial charge >= 0.3 is 0 Å². The minimum absolute atomic E-state index is 0.104. The molecule has 0 aliphatic rings. The van der Waals surface area contributed by atoms with Gasteiger partial charge < -0.3 is 10.5 Å². The summed E-state index contributed by atoms with van der Waals surface area (Å²) in [6.07, 6.45) is 1.26. The van der Waals surface area contributed by atoms with E-state index in [1.807, 2.05) is 12.1 Å². The maximum Gasteiger partial charge on any atom is 0.146 e. The molecule has 3 nitrogen and oxygen atoms in total. The second-order valence-corrected chi connectivity index (χ2v) is 4.47. The SMILES string of the molecule is COc1ccc(CCC(=O)CN)cc1C(C)C.